The van der Waals surface area contributed by atoms with Crippen LogP contribution >= 0.6 is 0 Å². The van der Waals surface area contributed by atoms with Gasteiger partial charge < -0.3 is 10.2 Å². The highest BCUT2D eigenvalue weighted by atomic mass is 16.3. The van der Waals surface area contributed by atoms with Crippen molar-refractivity contribution in [1.29, 1.82) is 0 Å². The first-order chi connectivity index (χ1) is 11.0. The molecule has 0 bridgehead atoms. The number of aliphatic hydroxyl groups is 2. The van der Waals surface area contributed by atoms with Gasteiger partial charge in [-0.2, -0.15) is 5.10 Å². The third-order valence-electron chi connectivity index (χ3n) is 4.59. The first-order valence-corrected chi connectivity index (χ1v) is 8.19. The highest BCUT2D eigenvalue weighted by Gasteiger charge is 2.36. The van der Waals surface area contributed by atoms with Gasteiger partial charge in [0.2, 0.25) is 0 Å². The molecule has 0 radical (unpaired) electrons. The van der Waals surface area contributed by atoms with E-state index in [1.54, 1.807) is 10.9 Å². The number of rotatable bonds is 7. The van der Waals surface area contributed by atoms with Gasteiger partial charge in [-0.1, -0.05) is 30.3 Å². The van der Waals surface area contributed by atoms with Gasteiger partial charge in [-0.15, -0.1) is 0 Å². The van der Waals surface area contributed by atoms with Crippen LogP contribution in [0.15, 0.2) is 42.7 Å². The Kier molecular flexibility index (Phi) is 4.80. The summed E-state index contributed by atoms with van der Waals surface area (Å²) >= 11 is 0. The molecule has 1 fully saturated rings. The molecular formula is C18H25N3O2. The molecule has 0 spiro atoms. The number of benzene rings is 1. The molecule has 0 amide bonds. The van der Waals surface area contributed by atoms with Crippen LogP contribution in [0.5, 0.6) is 0 Å². The van der Waals surface area contributed by atoms with Crippen molar-refractivity contribution in [1.82, 2.24) is 14.7 Å². The van der Waals surface area contributed by atoms with Crippen molar-refractivity contribution in [3.8, 4) is 0 Å². The van der Waals surface area contributed by atoms with Gasteiger partial charge in [0.15, 0.2) is 0 Å². The maximum Gasteiger partial charge on any atom is 0.0947 e. The summed E-state index contributed by atoms with van der Waals surface area (Å²) in [5, 5.41) is 25.1. The summed E-state index contributed by atoms with van der Waals surface area (Å²) in [4.78, 5) is 2.14. The summed E-state index contributed by atoms with van der Waals surface area (Å²) in [6, 6.07) is 10.2. The molecule has 2 aromatic rings. The topological polar surface area (TPSA) is 61.5 Å². The van der Waals surface area contributed by atoms with Crippen LogP contribution in [0.4, 0.5) is 0 Å². The van der Waals surface area contributed by atoms with E-state index in [1.165, 1.54) is 5.56 Å². The summed E-state index contributed by atoms with van der Waals surface area (Å²) in [6.45, 7) is 1.81. The molecule has 1 aliphatic rings. The maximum atomic E-state index is 10.5. The van der Waals surface area contributed by atoms with Crippen molar-refractivity contribution < 1.29 is 10.2 Å². The fourth-order valence-corrected chi connectivity index (χ4v) is 3.15. The van der Waals surface area contributed by atoms with Crippen LogP contribution in [-0.2, 0) is 13.6 Å². The molecule has 1 aromatic carbocycles. The maximum absolute atomic E-state index is 10.5. The Bertz CT molecular complexity index is 622. The van der Waals surface area contributed by atoms with Crippen LogP contribution in [-0.4, -0.2) is 43.6 Å². The fourth-order valence-electron chi connectivity index (χ4n) is 3.15. The van der Waals surface area contributed by atoms with Crippen molar-refractivity contribution in [2.75, 3.05) is 13.1 Å². The number of aromatic nitrogens is 2. The molecule has 1 unspecified atom stereocenters. The highest BCUT2D eigenvalue weighted by Crippen LogP contribution is 2.33. The van der Waals surface area contributed by atoms with Crippen LogP contribution in [0.3, 0.4) is 0 Å². The predicted molar refractivity (Wildman–Crippen MR) is 88.7 cm³/mol. The van der Waals surface area contributed by atoms with E-state index in [0.717, 1.165) is 31.4 Å². The Balaban J connectivity index is 1.69. The van der Waals surface area contributed by atoms with Gasteiger partial charge in [0.1, 0.15) is 0 Å². The average Bonchev–Trinajstić information content (AvgIpc) is 2.93. The number of nitrogens with zero attached hydrogens (tertiary/aromatic N) is 3. The summed E-state index contributed by atoms with van der Waals surface area (Å²) in [5.41, 5.74) is 1.41. The molecule has 3 rings (SSSR count). The van der Waals surface area contributed by atoms with E-state index in [2.05, 4.69) is 22.1 Å². The normalized spacial score (nSPS) is 17.9. The summed E-state index contributed by atoms with van der Waals surface area (Å²) < 4.78 is 1.69. The molecule has 2 N–H and O–H groups in total. The van der Waals surface area contributed by atoms with E-state index in [-0.39, 0.29) is 0 Å². The average molecular weight is 315 g/mol. The molecule has 1 aromatic heterocycles. The number of hydrogen-bond donors (Lipinski definition) is 2. The Morgan fingerprint density at radius 1 is 1.30 bits per heavy atom. The number of aryl methyl sites for hydroxylation is 1. The van der Waals surface area contributed by atoms with Gasteiger partial charge in [0, 0.05) is 38.4 Å². The van der Waals surface area contributed by atoms with Gasteiger partial charge in [-0.3, -0.25) is 9.58 Å². The standard InChI is InChI=1S/C18H25N3O2/c1-20-12-16(10-19-20)17(22)13-21(14-18(23)8-5-9-18)11-15-6-3-2-4-7-15/h2-4,6-7,10,12,17,22-23H,5,8-9,11,13-14H2,1H3. The lowest BCUT2D eigenvalue weighted by Crippen LogP contribution is -2.48. The third-order valence-corrected chi connectivity index (χ3v) is 4.59. The molecular weight excluding hydrogens is 290 g/mol. The molecule has 23 heavy (non-hydrogen) atoms. The first kappa shape index (κ1) is 16.2. The molecule has 1 aliphatic carbocycles. The fraction of sp³-hybridized carbons (Fsp3) is 0.500. The monoisotopic (exact) mass is 315 g/mol. The lowest BCUT2D eigenvalue weighted by molar-refractivity contribution is -0.0665. The van der Waals surface area contributed by atoms with Crippen LogP contribution in [0.1, 0.15) is 36.5 Å². The van der Waals surface area contributed by atoms with Crippen molar-refractivity contribution in [2.45, 2.75) is 37.5 Å². The molecule has 124 valence electrons. The van der Waals surface area contributed by atoms with Crippen LogP contribution in [0, 0.1) is 0 Å². The lowest BCUT2D eigenvalue weighted by atomic mass is 9.80. The minimum absolute atomic E-state index is 0.489. The second-order valence-corrected chi connectivity index (χ2v) is 6.70. The SMILES string of the molecule is Cn1cc(C(O)CN(Cc2ccccc2)CC2(O)CCC2)cn1. The predicted octanol–water partition coefficient (Wildman–Crippen LogP) is 1.87. The van der Waals surface area contributed by atoms with Crippen LogP contribution in [0.25, 0.3) is 0 Å². The van der Waals surface area contributed by atoms with Gasteiger partial charge in [-0.05, 0) is 24.8 Å². The number of hydrogen-bond acceptors (Lipinski definition) is 4. The van der Waals surface area contributed by atoms with Gasteiger partial charge in [0.05, 0.1) is 17.9 Å². The molecule has 0 saturated heterocycles. The zero-order chi connectivity index (χ0) is 16.3. The van der Waals surface area contributed by atoms with Crippen LogP contribution in [0.2, 0.25) is 0 Å². The first-order valence-electron chi connectivity index (χ1n) is 8.19. The molecule has 5 nitrogen and oxygen atoms in total. The number of aliphatic hydroxyl groups excluding tert-OH is 1. The highest BCUT2D eigenvalue weighted by molar-refractivity contribution is 5.15. The van der Waals surface area contributed by atoms with E-state index in [9.17, 15) is 10.2 Å². The quantitative estimate of drug-likeness (QED) is 0.819. The molecule has 0 aliphatic heterocycles. The van der Waals surface area contributed by atoms with Crippen molar-refractivity contribution >= 4 is 0 Å². The molecule has 5 heteroatoms. The zero-order valence-corrected chi connectivity index (χ0v) is 13.6. The molecule has 1 heterocycles. The lowest BCUT2D eigenvalue weighted by Gasteiger charge is -2.41. The van der Waals surface area contributed by atoms with Crippen molar-refractivity contribution in [2.24, 2.45) is 7.05 Å². The minimum Gasteiger partial charge on any atom is -0.389 e. The summed E-state index contributed by atoms with van der Waals surface area (Å²) in [6.07, 6.45) is 5.71. The van der Waals surface area contributed by atoms with Crippen LogP contribution < -0.4 is 0 Å². The van der Waals surface area contributed by atoms with E-state index in [4.69, 9.17) is 0 Å². The minimum atomic E-state index is -0.601. The van der Waals surface area contributed by atoms with Gasteiger partial charge in [0.25, 0.3) is 0 Å². The third kappa shape index (κ3) is 4.19. The Hall–Kier alpha value is -1.69. The molecule has 1 saturated carbocycles. The van der Waals surface area contributed by atoms with Crippen molar-refractivity contribution in [3.63, 3.8) is 0 Å². The smallest absolute Gasteiger partial charge is 0.0947 e. The molecule has 1 atom stereocenters. The van der Waals surface area contributed by atoms with E-state index in [0.29, 0.717) is 13.1 Å². The summed E-state index contributed by atoms with van der Waals surface area (Å²) in [5.74, 6) is 0. The second kappa shape index (κ2) is 6.83. The zero-order valence-electron chi connectivity index (χ0n) is 13.6. The Morgan fingerprint density at radius 2 is 2.04 bits per heavy atom. The Morgan fingerprint density at radius 3 is 2.61 bits per heavy atom. The summed E-state index contributed by atoms with van der Waals surface area (Å²) in [7, 11) is 1.84. The second-order valence-electron chi connectivity index (χ2n) is 6.70. The largest absolute Gasteiger partial charge is 0.389 e. The van der Waals surface area contributed by atoms with E-state index < -0.39 is 11.7 Å². The Labute approximate surface area is 137 Å². The van der Waals surface area contributed by atoms with E-state index in [1.807, 2.05) is 31.4 Å². The van der Waals surface area contributed by atoms with Gasteiger partial charge >= 0.3 is 0 Å². The van der Waals surface area contributed by atoms with Gasteiger partial charge in [-0.25, -0.2) is 0 Å². The van der Waals surface area contributed by atoms with Crippen molar-refractivity contribution in [3.05, 3.63) is 53.9 Å². The van der Waals surface area contributed by atoms with E-state index >= 15 is 0 Å².